The van der Waals surface area contributed by atoms with Crippen LogP contribution in [0.2, 0.25) is 0 Å². The first-order valence-corrected chi connectivity index (χ1v) is 12.6. The van der Waals surface area contributed by atoms with Crippen LogP contribution >= 0.6 is 0 Å². The Hall–Kier alpha value is -3.64. The number of hydrogen-bond donors (Lipinski definition) is 2. The van der Waals surface area contributed by atoms with Gasteiger partial charge in [-0.05, 0) is 42.7 Å². The summed E-state index contributed by atoms with van der Waals surface area (Å²) in [6.45, 7) is 11.1. The van der Waals surface area contributed by atoms with Crippen molar-refractivity contribution in [2.45, 2.75) is 54.5 Å². The minimum Gasteiger partial charge on any atom is -0.484 e. The molecule has 6 nitrogen and oxygen atoms in total. The highest BCUT2D eigenvalue weighted by atomic mass is 16.5. The normalized spacial score (nSPS) is 12.5. The number of aldehydes is 1. The van der Waals surface area contributed by atoms with Crippen molar-refractivity contribution in [3.63, 3.8) is 0 Å². The van der Waals surface area contributed by atoms with Gasteiger partial charge in [-0.2, -0.15) is 4.58 Å². The number of aryl methyl sites for hydroxylation is 2. The number of hydrogen-bond acceptors (Lipinski definition) is 5. The Bertz CT molecular complexity index is 1080. The first-order chi connectivity index (χ1) is 17.6. The maximum atomic E-state index is 11.2. The molecule has 1 aliphatic heterocycles. The molecule has 1 aromatic heterocycles. The lowest BCUT2D eigenvalue weighted by atomic mass is 10.1. The van der Waals surface area contributed by atoms with Gasteiger partial charge in [-0.15, -0.1) is 0 Å². The molecule has 37 heavy (non-hydrogen) atoms. The van der Waals surface area contributed by atoms with Crippen LogP contribution in [0.5, 0.6) is 0 Å². The van der Waals surface area contributed by atoms with Crippen LogP contribution in [0.3, 0.4) is 0 Å². The Morgan fingerprint density at radius 1 is 1.03 bits per heavy atom. The molecule has 0 saturated heterocycles. The minimum atomic E-state index is 0. The van der Waals surface area contributed by atoms with Crippen molar-refractivity contribution in [1.29, 1.82) is 0 Å². The number of nitrogens with two attached hydrogens (primary N) is 1. The van der Waals surface area contributed by atoms with Crippen LogP contribution in [-0.4, -0.2) is 36.8 Å². The molecule has 1 aliphatic rings. The van der Waals surface area contributed by atoms with Crippen LogP contribution in [0.15, 0.2) is 83.0 Å². The van der Waals surface area contributed by atoms with E-state index in [0.717, 1.165) is 55.7 Å². The zero-order valence-corrected chi connectivity index (χ0v) is 22.0. The fourth-order valence-electron chi connectivity index (χ4n) is 3.29. The summed E-state index contributed by atoms with van der Waals surface area (Å²) >= 11 is 0. The Kier molecular flexibility index (Phi) is 15.0. The highest BCUT2D eigenvalue weighted by molar-refractivity contribution is 5.89. The van der Waals surface area contributed by atoms with E-state index in [4.69, 9.17) is 14.9 Å². The van der Waals surface area contributed by atoms with Crippen molar-refractivity contribution in [3.8, 4) is 0 Å². The van der Waals surface area contributed by atoms with E-state index in [1.807, 2.05) is 42.8 Å². The summed E-state index contributed by atoms with van der Waals surface area (Å²) in [6, 6.07) is 18.3. The number of carbonyl (C=O) groups is 1. The molecule has 3 N–H and O–H groups in total. The zero-order chi connectivity index (χ0) is 26.2. The molecule has 0 aliphatic carbocycles. The second kappa shape index (κ2) is 17.7. The summed E-state index contributed by atoms with van der Waals surface area (Å²) in [6.07, 6.45) is 8.00. The largest absolute Gasteiger partial charge is 0.484 e. The third kappa shape index (κ3) is 11.8. The average Bonchev–Trinajstić information content (AvgIpc) is 3.48. The van der Waals surface area contributed by atoms with Crippen molar-refractivity contribution < 1.29 is 18.5 Å². The molecule has 0 spiro atoms. The van der Waals surface area contributed by atoms with Crippen LogP contribution in [0.1, 0.15) is 50.5 Å². The molecule has 3 aromatic rings. The lowest BCUT2D eigenvalue weighted by molar-refractivity contribution is -0.403. The number of nitrogen functional groups attached to an aromatic ring is 1. The van der Waals surface area contributed by atoms with E-state index < -0.39 is 0 Å². The Balaban J connectivity index is 0.000000481. The topological polar surface area (TPSA) is 80.5 Å². The maximum absolute atomic E-state index is 11.2. The number of anilines is 1. The summed E-state index contributed by atoms with van der Waals surface area (Å²) < 4.78 is 12.7. The van der Waals surface area contributed by atoms with Gasteiger partial charge < -0.3 is 20.2 Å². The van der Waals surface area contributed by atoms with Crippen molar-refractivity contribution in [3.05, 3.63) is 101 Å². The van der Waals surface area contributed by atoms with E-state index in [-0.39, 0.29) is 7.43 Å². The second-order valence-electron chi connectivity index (χ2n) is 8.18. The second-order valence-corrected chi connectivity index (χ2v) is 8.18. The molecule has 0 atom stereocenters. The highest BCUT2D eigenvalue weighted by Gasteiger charge is 2.33. The highest BCUT2D eigenvalue weighted by Crippen LogP contribution is 2.14. The van der Waals surface area contributed by atoms with Crippen molar-refractivity contribution in [2.75, 3.05) is 25.4 Å². The lowest BCUT2D eigenvalue weighted by Crippen LogP contribution is -2.20. The Morgan fingerprint density at radius 3 is 2.30 bits per heavy atom. The van der Waals surface area contributed by atoms with E-state index in [1.165, 1.54) is 16.7 Å². The van der Waals surface area contributed by atoms with Gasteiger partial charge in [0.15, 0.2) is 12.8 Å². The predicted molar refractivity (Wildman–Crippen MR) is 154 cm³/mol. The molecule has 0 fully saturated rings. The molecule has 4 rings (SSSR count). The standard InChI is InChI=1S/C20H23N2O3.C8H11N.C2H6.CH4/c1-16-2-4-17(5-3-16)7-11-25-20(14-23)19-13-22(19)9-8-21-12-18-6-10-24-15-18;1-2-7-3-5-8(9)6-4-7;1-2;/h2-6,10,13-15,21H,7-9,11-12H2,1H3;3-6H,2,9H2,1H3;1-2H3;1H4/q+1;;;/b20-19-;;;. The molecule has 0 saturated carbocycles. The molecular formula is C31H44N3O3+. The van der Waals surface area contributed by atoms with Gasteiger partial charge in [0.25, 0.3) is 0 Å². The van der Waals surface area contributed by atoms with E-state index >= 15 is 0 Å². The summed E-state index contributed by atoms with van der Waals surface area (Å²) in [7, 11) is 0. The van der Waals surface area contributed by atoms with Gasteiger partial charge in [0.05, 0.1) is 25.7 Å². The van der Waals surface area contributed by atoms with Crippen LogP contribution < -0.4 is 11.1 Å². The summed E-state index contributed by atoms with van der Waals surface area (Å²) in [4.78, 5) is 11.2. The zero-order valence-electron chi connectivity index (χ0n) is 22.0. The fraction of sp³-hybridized carbons (Fsp3) is 0.355. The Labute approximate surface area is 222 Å². The molecule has 2 aromatic carbocycles. The van der Waals surface area contributed by atoms with E-state index in [9.17, 15) is 4.79 Å². The third-order valence-corrected chi connectivity index (χ3v) is 5.47. The lowest BCUT2D eigenvalue weighted by Gasteiger charge is -2.04. The number of benzene rings is 2. The molecule has 200 valence electrons. The molecule has 2 heterocycles. The number of nitrogens with one attached hydrogen (secondary N) is 1. The van der Waals surface area contributed by atoms with Gasteiger partial charge in [-0.3, -0.25) is 4.79 Å². The Morgan fingerprint density at radius 2 is 1.70 bits per heavy atom. The summed E-state index contributed by atoms with van der Waals surface area (Å²) in [5.41, 5.74) is 12.1. The number of ether oxygens (including phenoxy) is 1. The maximum Gasteiger partial charge on any atom is 0.315 e. The van der Waals surface area contributed by atoms with Gasteiger partial charge in [-0.1, -0.05) is 70.2 Å². The van der Waals surface area contributed by atoms with Gasteiger partial charge in [0.2, 0.25) is 12.0 Å². The summed E-state index contributed by atoms with van der Waals surface area (Å²) in [5.74, 6) is 0.418. The third-order valence-electron chi connectivity index (χ3n) is 5.47. The van der Waals surface area contributed by atoms with Crippen LogP contribution in [0, 0.1) is 6.92 Å². The number of rotatable bonds is 11. The molecule has 0 radical (unpaired) electrons. The number of furan rings is 1. The first-order valence-electron chi connectivity index (χ1n) is 12.6. The van der Waals surface area contributed by atoms with Crippen molar-refractivity contribution in [2.24, 2.45) is 0 Å². The number of carbonyl (C=O) groups excluding carboxylic acids is 1. The van der Waals surface area contributed by atoms with E-state index in [1.54, 1.807) is 12.5 Å². The van der Waals surface area contributed by atoms with Gasteiger partial charge in [0.1, 0.15) is 0 Å². The molecular weight excluding hydrogens is 462 g/mol. The summed E-state index contributed by atoms with van der Waals surface area (Å²) in [5, 5.41) is 3.33. The quantitative estimate of drug-likeness (QED) is 0.0840. The predicted octanol–water partition coefficient (Wildman–Crippen LogP) is 5.94. The van der Waals surface area contributed by atoms with Crippen LogP contribution in [0.4, 0.5) is 5.69 Å². The molecule has 6 heteroatoms. The first kappa shape index (κ1) is 31.4. The van der Waals surface area contributed by atoms with Gasteiger partial charge in [-0.25, -0.2) is 0 Å². The van der Waals surface area contributed by atoms with E-state index in [2.05, 4.69) is 55.6 Å². The van der Waals surface area contributed by atoms with Gasteiger partial charge >= 0.3 is 5.70 Å². The number of allylic oxidation sites excluding steroid dienone is 2. The molecule has 0 unspecified atom stereocenters. The minimum absolute atomic E-state index is 0. The monoisotopic (exact) mass is 506 g/mol. The molecule has 0 amide bonds. The SMILES string of the molecule is C.CC.CCc1ccc(N)cc1.Cc1ccc(CCO/C(C=O)=C2C=[N+]/2CCNCc2ccoc2)cc1. The van der Waals surface area contributed by atoms with Gasteiger partial charge in [0, 0.05) is 24.2 Å². The average molecular weight is 507 g/mol. The number of nitrogens with zero attached hydrogens (tertiary/aromatic N) is 1. The van der Waals surface area contributed by atoms with Crippen LogP contribution in [0.25, 0.3) is 0 Å². The van der Waals surface area contributed by atoms with E-state index in [0.29, 0.717) is 12.4 Å². The molecule has 0 bridgehead atoms. The van der Waals surface area contributed by atoms with Crippen molar-refractivity contribution in [1.82, 2.24) is 5.32 Å². The fourth-order valence-corrected chi connectivity index (χ4v) is 3.29. The smallest absolute Gasteiger partial charge is 0.315 e. The van der Waals surface area contributed by atoms with Crippen LogP contribution in [-0.2, 0) is 28.9 Å². The van der Waals surface area contributed by atoms with Crippen molar-refractivity contribution >= 4 is 18.2 Å².